The standard InChI is InChI=1S/C53H102O6/c1-5-7-9-11-13-15-17-19-21-23-25-29-33-37-41-45-52(55)58-48-50(59-53(56)46-42-38-34-30-26-27-31-35-39-43-49(3)4)47-57-51(54)44-40-36-32-28-24-22-20-18-16-14-12-10-8-6-2/h49-50H,5-48H2,1-4H3/t50-/m1/s1. The van der Waals surface area contributed by atoms with E-state index in [-0.39, 0.29) is 31.1 Å². The van der Waals surface area contributed by atoms with Crippen molar-refractivity contribution in [3.63, 3.8) is 0 Å². The molecule has 0 bridgehead atoms. The normalized spacial score (nSPS) is 11.9. The van der Waals surface area contributed by atoms with Crippen molar-refractivity contribution < 1.29 is 28.6 Å². The van der Waals surface area contributed by atoms with Gasteiger partial charge in [0.1, 0.15) is 13.2 Å². The summed E-state index contributed by atoms with van der Waals surface area (Å²) in [4.78, 5) is 37.9. The van der Waals surface area contributed by atoms with Gasteiger partial charge in [0.25, 0.3) is 0 Å². The molecule has 0 aliphatic rings. The van der Waals surface area contributed by atoms with E-state index in [4.69, 9.17) is 14.2 Å². The Morgan fingerprint density at radius 3 is 0.831 bits per heavy atom. The summed E-state index contributed by atoms with van der Waals surface area (Å²) in [5.74, 6) is -0.0377. The molecule has 0 fully saturated rings. The van der Waals surface area contributed by atoms with Gasteiger partial charge in [-0.15, -0.1) is 0 Å². The van der Waals surface area contributed by atoms with E-state index in [1.165, 1.54) is 193 Å². The third-order valence-electron chi connectivity index (χ3n) is 12.0. The lowest BCUT2D eigenvalue weighted by Crippen LogP contribution is -2.30. The maximum absolute atomic E-state index is 12.8. The van der Waals surface area contributed by atoms with E-state index in [1.54, 1.807) is 0 Å². The average molecular weight is 835 g/mol. The van der Waals surface area contributed by atoms with E-state index in [2.05, 4.69) is 27.7 Å². The molecule has 6 nitrogen and oxygen atoms in total. The number of carbonyl (C=O) groups is 3. The second-order valence-corrected chi connectivity index (χ2v) is 18.6. The van der Waals surface area contributed by atoms with Crippen LogP contribution < -0.4 is 0 Å². The summed E-state index contributed by atoms with van der Waals surface area (Å²) in [5.41, 5.74) is 0. The summed E-state index contributed by atoms with van der Waals surface area (Å²) in [6.45, 7) is 9.01. The Kier molecular flexibility index (Phi) is 46.2. The minimum Gasteiger partial charge on any atom is -0.462 e. The zero-order valence-corrected chi connectivity index (χ0v) is 40.2. The molecule has 0 saturated carbocycles. The van der Waals surface area contributed by atoms with Crippen molar-refractivity contribution in [1.82, 2.24) is 0 Å². The number of carbonyl (C=O) groups excluding carboxylic acids is 3. The largest absolute Gasteiger partial charge is 0.462 e. The zero-order valence-electron chi connectivity index (χ0n) is 40.2. The fourth-order valence-corrected chi connectivity index (χ4v) is 8.04. The van der Waals surface area contributed by atoms with E-state index in [0.29, 0.717) is 19.3 Å². The first-order valence-electron chi connectivity index (χ1n) is 26.4. The molecule has 1 atom stereocenters. The first-order chi connectivity index (χ1) is 28.9. The van der Waals surface area contributed by atoms with E-state index >= 15 is 0 Å². The van der Waals surface area contributed by atoms with Crippen molar-refractivity contribution in [2.24, 2.45) is 5.92 Å². The Morgan fingerprint density at radius 2 is 0.559 bits per heavy atom. The highest BCUT2D eigenvalue weighted by molar-refractivity contribution is 5.71. The Bertz CT molecular complexity index is 887. The predicted molar refractivity (Wildman–Crippen MR) is 252 cm³/mol. The molecule has 0 aromatic heterocycles. The molecule has 0 aromatic carbocycles. The summed E-state index contributed by atoms with van der Waals surface area (Å²) in [6.07, 6.45) is 49.4. The van der Waals surface area contributed by atoms with Gasteiger partial charge in [-0.2, -0.15) is 0 Å². The topological polar surface area (TPSA) is 78.9 Å². The lowest BCUT2D eigenvalue weighted by Gasteiger charge is -2.18. The van der Waals surface area contributed by atoms with Gasteiger partial charge in [-0.05, 0) is 25.2 Å². The van der Waals surface area contributed by atoms with Crippen molar-refractivity contribution in [2.75, 3.05) is 13.2 Å². The highest BCUT2D eigenvalue weighted by atomic mass is 16.6. The van der Waals surface area contributed by atoms with Crippen LogP contribution in [0, 0.1) is 5.92 Å². The van der Waals surface area contributed by atoms with E-state index in [0.717, 1.165) is 63.7 Å². The molecule has 350 valence electrons. The minimum absolute atomic E-state index is 0.0629. The van der Waals surface area contributed by atoms with Crippen LogP contribution >= 0.6 is 0 Å². The molecule has 0 spiro atoms. The second kappa shape index (κ2) is 47.5. The van der Waals surface area contributed by atoms with Crippen molar-refractivity contribution >= 4 is 17.9 Å². The van der Waals surface area contributed by atoms with Crippen LogP contribution in [0.4, 0.5) is 0 Å². The van der Waals surface area contributed by atoms with Crippen LogP contribution in [0.15, 0.2) is 0 Å². The van der Waals surface area contributed by atoms with Crippen LogP contribution in [0.2, 0.25) is 0 Å². The quantitative estimate of drug-likeness (QED) is 0.0345. The second-order valence-electron chi connectivity index (χ2n) is 18.6. The third-order valence-corrected chi connectivity index (χ3v) is 12.0. The SMILES string of the molecule is CCCCCCCCCCCCCCCCCC(=O)OC[C@@H](COC(=O)CCCCCCCCCCCCCCCC)OC(=O)CCCCCCCCCCCC(C)C. The molecule has 0 saturated heterocycles. The van der Waals surface area contributed by atoms with Gasteiger partial charge in [-0.25, -0.2) is 0 Å². The molecule has 0 unspecified atom stereocenters. The van der Waals surface area contributed by atoms with Gasteiger partial charge in [-0.3, -0.25) is 14.4 Å². The van der Waals surface area contributed by atoms with Gasteiger partial charge in [-0.1, -0.05) is 259 Å². The van der Waals surface area contributed by atoms with Gasteiger partial charge >= 0.3 is 17.9 Å². The number of esters is 3. The lowest BCUT2D eigenvalue weighted by atomic mass is 10.0. The van der Waals surface area contributed by atoms with Crippen LogP contribution in [-0.2, 0) is 28.6 Å². The van der Waals surface area contributed by atoms with Crippen LogP contribution in [0.25, 0.3) is 0 Å². The molecule has 0 amide bonds. The van der Waals surface area contributed by atoms with Crippen molar-refractivity contribution in [1.29, 1.82) is 0 Å². The zero-order chi connectivity index (χ0) is 43.1. The molecule has 59 heavy (non-hydrogen) atoms. The minimum atomic E-state index is -0.761. The van der Waals surface area contributed by atoms with Crippen LogP contribution in [-0.4, -0.2) is 37.2 Å². The number of hydrogen-bond acceptors (Lipinski definition) is 6. The predicted octanol–water partition coefficient (Wildman–Crippen LogP) is 17.1. The van der Waals surface area contributed by atoms with Gasteiger partial charge in [0, 0.05) is 19.3 Å². The molecule has 0 heterocycles. The smallest absolute Gasteiger partial charge is 0.306 e. The number of unbranched alkanes of at least 4 members (excludes halogenated alkanes) is 35. The fraction of sp³-hybridized carbons (Fsp3) is 0.943. The first kappa shape index (κ1) is 57.4. The van der Waals surface area contributed by atoms with E-state index in [1.807, 2.05) is 0 Å². The summed E-state index contributed by atoms with van der Waals surface area (Å²) >= 11 is 0. The molecular weight excluding hydrogens is 733 g/mol. The van der Waals surface area contributed by atoms with Crippen LogP contribution in [0.1, 0.15) is 297 Å². The Hall–Kier alpha value is -1.59. The van der Waals surface area contributed by atoms with Crippen LogP contribution in [0.3, 0.4) is 0 Å². The van der Waals surface area contributed by atoms with Gasteiger partial charge in [0.2, 0.25) is 0 Å². The molecule has 0 aromatic rings. The number of ether oxygens (including phenoxy) is 3. The Balaban J connectivity index is 4.30. The molecule has 0 N–H and O–H groups in total. The van der Waals surface area contributed by atoms with Crippen molar-refractivity contribution in [3.8, 4) is 0 Å². The third kappa shape index (κ3) is 47.3. The van der Waals surface area contributed by atoms with E-state index < -0.39 is 6.10 Å². The van der Waals surface area contributed by atoms with Gasteiger partial charge in [0.05, 0.1) is 0 Å². The highest BCUT2D eigenvalue weighted by Crippen LogP contribution is 2.17. The molecular formula is C53H102O6. The maximum Gasteiger partial charge on any atom is 0.306 e. The summed E-state index contributed by atoms with van der Waals surface area (Å²) in [7, 11) is 0. The fourth-order valence-electron chi connectivity index (χ4n) is 8.04. The monoisotopic (exact) mass is 835 g/mol. The number of rotatable bonds is 48. The summed E-state index contributed by atoms with van der Waals surface area (Å²) in [6, 6.07) is 0. The average Bonchev–Trinajstić information content (AvgIpc) is 3.22. The van der Waals surface area contributed by atoms with Crippen molar-refractivity contribution in [3.05, 3.63) is 0 Å². The van der Waals surface area contributed by atoms with Gasteiger partial charge in [0.15, 0.2) is 6.10 Å². The van der Waals surface area contributed by atoms with Gasteiger partial charge < -0.3 is 14.2 Å². The highest BCUT2D eigenvalue weighted by Gasteiger charge is 2.19. The lowest BCUT2D eigenvalue weighted by molar-refractivity contribution is -0.167. The molecule has 6 heteroatoms. The summed E-state index contributed by atoms with van der Waals surface area (Å²) in [5, 5.41) is 0. The Morgan fingerprint density at radius 1 is 0.322 bits per heavy atom. The van der Waals surface area contributed by atoms with Crippen molar-refractivity contribution in [2.45, 2.75) is 303 Å². The van der Waals surface area contributed by atoms with E-state index in [9.17, 15) is 14.4 Å². The molecule has 0 rings (SSSR count). The number of hydrogen-bond donors (Lipinski definition) is 0. The molecule has 0 aliphatic heterocycles. The van der Waals surface area contributed by atoms with Crippen LogP contribution in [0.5, 0.6) is 0 Å². The Labute approximate surface area is 368 Å². The first-order valence-corrected chi connectivity index (χ1v) is 26.4. The molecule has 0 aliphatic carbocycles. The summed E-state index contributed by atoms with van der Waals surface area (Å²) < 4.78 is 16.8. The maximum atomic E-state index is 12.8. The molecule has 0 radical (unpaired) electrons.